The van der Waals surface area contributed by atoms with Crippen molar-refractivity contribution >= 4 is 23.2 Å². The van der Waals surface area contributed by atoms with Gasteiger partial charge in [-0.1, -0.05) is 11.6 Å². The Morgan fingerprint density at radius 2 is 1.72 bits per heavy atom. The van der Waals surface area contributed by atoms with Crippen molar-refractivity contribution in [1.82, 2.24) is 20.0 Å². The number of aryl methyl sites for hydroxylation is 1. The van der Waals surface area contributed by atoms with Gasteiger partial charge >= 0.3 is 0 Å². The lowest BCUT2D eigenvalue weighted by molar-refractivity contribution is 0.102. The number of aromatic nitrogens is 4. The third-order valence-corrected chi connectivity index (χ3v) is 4.28. The maximum absolute atomic E-state index is 12.2. The van der Waals surface area contributed by atoms with E-state index in [2.05, 4.69) is 20.6 Å². The number of rotatable bonds is 5. The summed E-state index contributed by atoms with van der Waals surface area (Å²) in [5.41, 5.74) is 2.07. The molecule has 0 radical (unpaired) electrons. The lowest BCUT2D eigenvalue weighted by Crippen LogP contribution is -2.11. The van der Waals surface area contributed by atoms with E-state index in [4.69, 9.17) is 16.3 Å². The second-order valence-electron chi connectivity index (χ2n) is 6.22. The minimum absolute atomic E-state index is 0.217. The first-order chi connectivity index (χ1) is 14.1. The number of ether oxygens (including phenoxy) is 1. The Kier molecular flexibility index (Phi) is 5.22. The summed E-state index contributed by atoms with van der Waals surface area (Å²) in [4.78, 5) is 12.2. The van der Waals surface area contributed by atoms with Gasteiger partial charge in [-0.05, 0) is 67.6 Å². The van der Waals surface area contributed by atoms with E-state index >= 15 is 0 Å². The van der Waals surface area contributed by atoms with Gasteiger partial charge in [0.1, 0.15) is 5.75 Å². The number of carbonyl (C=O) groups is 1. The lowest BCUT2D eigenvalue weighted by atomic mass is 10.2. The average Bonchev–Trinajstić information content (AvgIpc) is 3.17. The summed E-state index contributed by atoms with van der Waals surface area (Å²) < 4.78 is 7.34. The van der Waals surface area contributed by atoms with Gasteiger partial charge < -0.3 is 10.1 Å². The molecule has 0 atom stereocenters. The first-order valence-electron chi connectivity index (χ1n) is 8.78. The number of nitrogens with zero attached hydrogens (tertiary/aromatic N) is 4. The van der Waals surface area contributed by atoms with Crippen LogP contribution in [-0.2, 0) is 0 Å². The molecule has 4 aromatic rings. The predicted molar refractivity (Wildman–Crippen MR) is 110 cm³/mol. The zero-order valence-electron chi connectivity index (χ0n) is 15.4. The molecule has 1 amide bonds. The molecule has 0 aliphatic heterocycles. The van der Waals surface area contributed by atoms with Crippen LogP contribution < -0.4 is 10.1 Å². The van der Waals surface area contributed by atoms with Crippen molar-refractivity contribution in [2.45, 2.75) is 6.92 Å². The third-order valence-electron chi connectivity index (χ3n) is 4.02. The maximum atomic E-state index is 12.2. The molecule has 0 saturated heterocycles. The Balaban J connectivity index is 1.39. The second-order valence-corrected chi connectivity index (χ2v) is 6.66. The summed E-state index contributed by atoms with van der Waals surface area (Å²) in [7, 11) is 0. The molecule has 0 unspecified atom stereocenters. The normalized spacial score (nSPS) is 10.6. The highest BCUT2D eigenvalue weighted by molar-refractivity contribution is 6.30. The standard InChI is InChI=1S/C21H16ClN5O2/c1-14-12-13-27(26-14)19-10-11-20(25-24-19)29-18-8-6-17(7-9-18)23-21(28)15-2-4-16(22)5-3-15/h2-13H,1H3,(H,23,28). The van der Waals surface area contributed by atoms with Crippen molar-refractivity contribution in [2.75, 3.05) is 5.32 Å². The molecule has 29 heavy (non-hydrogen) atoms. The number of halogens is 1. The fourth-order valence-electron chi connectivity index (χ4n) is 2.56. The van der Waals surface area contributed by atoms with E-state index in [0.29, 0.717) is 33.7 Å². The van der Waals surface area contributed by atoms with Crippen molar-refractivity contribution in [3.05, 3.63) is 89.2 Å². The molecule has 0 spiro atoms. The Morgan fingerprint density at radius 3 is 2.34 bits per heavy atom. The van der Waals surface area contributed by atoms with Gasteiger partial charge in [0.15, 0.2) is 5.82 Å². The summed E-state index contributed by atoms with van der Waals surface area (Å²) in [5, 5.41) is 15.9. The Hall–Kier alpha value is -3.71. The van der Waals surface area contributed by atoms with Crippen LogP contribution >= 0.6 is 11.6 Å². The van der Waals surface area contributed by atoms with E-state index in [9.17, 15) is 4.79 Å². The fraction of sp³-hybridized carbons (Fsp3) is 0.0476. The largest absolute Gasteiger partial charge is 0.438 e. The van der Waals surface area contributed by atoms with Gasteiger partial charge in [0.05, 0.1) is 5.69 Å². The maximum Gasteiger partial charge on any atom is 0.255 e. The number of carbonyl (C=O) groups excluding carboxylic acids is 1. The van der Waals surface area contributed by atoms with Crippen LogP contribution in [0.5, 0.6) is 11.6 Å². The average molecular weight is 406 g/mol. The van der Waals surface area contributed by atoms with Crippen molar-refractivity contribution in [2.24, 2.45) is 0 Å². The van der Waals surface area contributed by atoms with Crippen LogP contribution in [0.1, 0.15) is 16.1 Å². The minimum atomic E-state index is -0.217. The Bertz CT molecular complexity index is 1120. The molecule has 2 aromatic heterocycles. The molecule has 144 valence electrons. The zero-order valence-corrected chi connectivity index (χ0v) is 16.2. The van der Waals surface area contributed by atoms with E-state index in [1.807, 2.05) is 19.2 Å². The molecule has 8 heteroatoms. The van der Waals surface area contributed by atoms with Crippen molar-refractivity contribution in [1.29, 1.82) is 0 Å². The van der Waals surface area contributed by atoms with Crippen molar-refractivity contribution < 1.29 is 9.53 Å². The van der Waals surface area contributed by atoms with E-state index < -0.39 is 0 Å². The molecule has 2 heterocycles. The topological polar surface area (TPSA) is 81.9 Å². The number of hydrogen-bond donors (Lipinski definition) is 1. The number of benzene rings is 2. The van der Waals surface area contributed by atoms with Gasteiger partial charge in [-0.2, -0.15) is 5.10 Å². The van der Waals surface area contributed by atoms with E-state index in [-0.39, 0.29) is 5.91 Å². The van der Waals surface area contributed by atoms with Crippen LogP contribution in [0.25, 0.3) is 5.82 Å². The van der Waals surface area contributed by atoms with Crippen LogP contribution in [0.15, 0.2) is 72.9 Å². The fourth-order valence-corrected chi connectivity index (χ4v) is 2.69. The first kappa shape index (κ1) is 18.6. The van der Waals surface area contributed by atoms with Gasteiger partial charge in [0, 0.05) is 28.5 Å². The highest BCUT2D eigenvalue weighted by Gasteiger charge is 2.07. The van der Waals surface area contributed by atoms with Crippen LogP contribution in [0.3, 0.4) is 0 Å². The molecule has 0 aliphatic rings. The molecule has 0 fully saturated rings. The molecule has 0 aliphatic carbocycles. The smallest absolute Gasteiger partial charge is 0.255 e. The van der Waals surface area contributed by atoms with Crippen LogP contribution in [-0.4, -0.2) is 25.9 Å². The number of nitrogens with one attached hydrogen (secondary N) is 1. The number of hydrogen-bond acceptors (Lipinski definition) is 5. The van der Waals surface area contributed by atoms with Crippen LogP contribution in [0.4, 0.5) is 5.69 Å². The van der Waals surface area contributed by atoms with Gasteiger partial charge in [-0.3, -0.25) is 4.79 Å². The summed E-state index contributed by atoms with van der Waals surface area (Å²) in [5.74, 6) is 1.32. The Labute approximate surface area is 171 Å². The Morgan fingerprint density at radius 1 is 0.966 bits per heavy atom. The van der Waals surface area contributed by atoms with Crippen LogP contribution in [0, 0.1) is 6.92 Å². The zero-order chi connectivity index (χ0) is 20.2. The molecule has 1 N–H and O–H groups in total. The molecule has 0 saturated carbocycles. The molecular weight excluding hydrogens is 390 g/mol. The number of anilines is 1. The van der Waals surface area contributed by atoms with E-state index in [1.165, 1.54) is 0 Å². The highest BCUT2D eigenvalue weighted by Crippen LogP contribution is 2.22. The summed E-state index contributed by atoms with van der Waals surface area (Å²) in [6.45, 7) is 1.91. The quantitative estimate of drug-likeness (QED) is 0.521. The summed E-state index contributed by atoms with van der Waals surface area (Å²) in [6, 6.07) is 19.0. The van der Waals surface area contributed by atoms with Crippen molar-refractivity contribution in [3.8, 4) is 17.4 Å². The lowest BCUT2D eigenvalue weighted by Gasteiger charge is -2.08. The molecule has 4 rings (SSSR count). The molecule has 2 aromatic carbocycles. The first-order valence-corrected chi connectivity index (χ1v) is 9.16. The predicted octanol–water partition coefficient (Wildman–Crippen LogP) is 4.67. The summed E-state index contributed by atoms with van der Waals surface area (Å²) in [6.07, 6.45) is 1.82. The molecular formula is C21H16ClN5O2. The van der Waals surface area contributed by atoms with Gasteiger partial charge in [0.25, 0.3) is 5.91 Å². The van der Waals surface area contributed by atoms with E-state index in [0.717, 1.165) is 5.69 Å². The molecule has 0 bridgehead atoms. The SMILES string of the molecule is Cc1ccn(-c2ccc(Oc3ccc(NC(=O)c4ccc(Cl)cc4)cc3)nn2)n1. The van der Waals surface area contributed by atoms with Gasteiger partial charge in [-0.25, -0.2) is 4.68 Å². The number of amides is 1. The van der Waals surface area contributed by atoms with E-state index in [1.54, 1.807) is 65.3 Å². The second kappa shape index (κ2) is 8.12. The summed E-state index contributed by atoms with van der Waals surface area (Å²) >= 11 is 5.84. The monoisotopic (exact) mass is 405 g/mol. The van der Waals surface area contributed by atoms with Gasteiger partial charge in [0.2, 0.25) is 5.88 Å². The van der Waals surface area contributed by atoms with Crippen molar-refractivity contribution in [3.63, 3.8) is 0 Å². The third kappa shape index (κ3) is 4.59. The highest BCUT2D eigenvalue weighted by atomic mass is 35.5. The molecule has 7 nitrogen and oxygen atoms in total. The minimum Gasteiger partial charge on any atom is -0.438 e. The van der Waals surface area contributed by atoms with Crippen LogP contribution in [0.2, 0.25) is 5.02 Å². The van der Waals surface area contributed by atoms with Gasteiger partial charge in [-0.15, -0.1) is 10.2 Å².